The number of fused-ring (bicyclic) bond motifs is 1. The molecule has 1 atom stereocenters. The van der Waals surface area contributed by atoms with Crippen molar-refractivity contribution in [3.05, 3.63) is 53.7 Å². The van der Waals surface area contributed by atoms with Crippen LogP contribution in [0, 0.1) is 0 Å². The van der Waals surface area contributed by atoms with Crippen LogP contribution in [-0.4, -0.2) is 30.9 Å². The maximum absolute atomic E-state index is 13.0. The molecule has 1 aromatic carbocycles. The average molecular weight is 390 g/mol. The summed E-state index contributed by atoms with van der Waals surface area (Å²) in [5.41, 5.74) is -0.454. The van der Waals surface area contributed by atoms with E-state index in [9.17, 15) is 18.0 Å². The number of carbonyl (C=O) groups is 2. The first-order valence-electron chi connectivity index (χ1n) is 8.18. The normalized spacial score (nSPS) is 19.9. The van der Waals surface area contributed by atoms with Crippen molar-refractivity contribution in [3.8, 4) is 0 Å². The third-order valence-corrected chi connectivity index (χ3v) is 5.42. The molecule has 8 nitrogen and oxygen atoms in total. The first kappa shape index (κ1) is 18.8. The van der Waals surface area contributed by atoms with Crippen molar-refractivity contribution in [3.63, 3.8) is 0 Å². The second-order valence-electron chi connectivity index (χ2n) is 6.14. The fourth-order valence-corrected chi connectivity index (χ4v) is 3.22. The molecule has 0 spiro atoms. The highest BCUT2D eigenvalue weighted by molar-refractivity contribution is 7.89. The predicted octanol–water partition coefficient (Wildman–Crippen LogP) is 1.72. The lowest BCUT2D eigenvalue weighted by Gasteiger charge is -2.23. The van der Waals surface area contributed by atoms with Gasteiger partial charge in [0, 0.05) is 24.1 Å². The zero-order valence-corrected chi connectivity index (χ0v) is 15.8. The number of hydrogen-bond acceptors (Lipinski definition) is 7. The highest BCUT2D eigenvalue weighted by atomic mass is 32.2. The zero-order valence-electron chi connectivity index (χ0n) is 15.0. The molecule has 0 radical (unpaired) electrons. The molecule has 142 valence electrons. The Bertz CT molecular complexity index is 1080. The van der Waals surface area contributed by atoms with Gasteiger partial charge in [0.25, 0.3) is 5.78 Å². The van der Waals surface area contributed by atoms with E-state index in [2.05, 4.69) is 9.71 Å². The molecule has 0 bridgehead atoms. The van der Waals surface area contributed by atoms with Gasteiger partial charge in [0.1, 0.15) is 0 Å². The van der Waals surface area contributed by atoms with Gasteiger partial charge in [-0.05, 0) is 26.0 Å². The Morgan fingerprint density at radius 3 is 2.70 bits per heavy atom. The second-order valence-corrected chi connectivity index (χ2v) is 8.15. The van der Waals surface area contributed by atoms with Gasteiger partial charge in [-0.3, -0.25) is 19.3 Å². The van der Waals surface area contributed by atoms with Gasteiger partial charge in [-0.15, -0.1) is 0 Å². The Morgan fingerprint density at radius 1 is 1.33 bits per heavy atom. The van der Waals surface area contributed by atoms with Crippen LogP contribution in [-0.2, 0) is 34.7 Å². The molecule has 1 aromatic heterocycles. The number of para-hydroxylation sites is 1. The molecule has 0 aliphatic carbocycles. The van der Waals surface area contributed by atoms with E-state index < -0.39 is 39.0 Å². The number of esters is 1. The Balaban J connectivity index is 2.06. The maximum atomic E-state index is 13.0. The maximum Gasteiger partial charge on any atom is 0.308 e. The average Bonchev–Trinajstić information content (AvgIpc) is 2.86. The number of benzene rings is 1. The van der Waals surface area contributed by atoms with Crippen molar-refractivity contribution in [1.82, 2.24) is 9.71 Å². The van der Waals surface area contributed by atoms with E-state index in [1.165, 1.54) is 20.0 Å². The van der Waals surface area contributed by atoms with Crippen LogP contribution in [0.2, 0.25) is 0 Å². The summed E-state index contributed by atoms with van der Waals surface area (Å²) in [5.74, 6) is -2.57. The van der Waals surface area contributed by atoms with Crippen LogP contribution >= 0.6 is 0 Å². The number of rotatable bonds is 5. The number of nitrogens with zero attached hydrogens (tertiary/aromatic N) is 1. The lowest BCUT2D eigenvalue weighted by molar-refractivity contribution is -0.142. The van der Waals surface area contributed by atoms with Crippen molar-refractivity contribution in [2.45, 2.75) is 26.4 Å². The Hall–Kier alpha value is -2.94. The van der Waals surface area contributed by atoms with E-state index in [-0.39, 0.29) is 5.75 Å². The Morgan fingerprint density at radius 2 is 2.04 bits per heavy atom. The highest BCUT2D eigenvalue weighted by Gasteiger charge is 2.50. The monoisotopic (exact) mass is 390 g/mol. The van der Waals surface area contributed by atoms with E-state index >= 15 is 0 Å². The molecule has 1 unspecified atom stereocenters. The quantitative estimate of drug-likeness (QED) is 0.774. The van der Waals surface area contributed by atoms with Crippen molar-refractivity contribution in [2.75, 3.05) is 5.75 Å². The third-order valence-electron chi connectivity index (χ3n) is 4.17. The van der Waals surface area contributed by atoms with Crippen molar-refractivity contribution in [1.29, 1.82) is 0 Å². The number of aromatic nitrogens is 1. The SMILES string of the molecule is CCS(=O)(=O)NC1=C(OC(C)=O)C(=O)C(C)(c2cnc3ccccc3c2)O1. The molecular formula is C18H18N2O6S. The predicted molar refractivity (Wildman–Crippen MR) is 96.6 cm³/mol. The van der Waals surface area contributed by atoms with E-state index in [4.69, 9.17) is 9.47 Å². The molecule has 0 amide bonds. The molecule has 2 heterocycles. The van der Waals surface area contributed by atoms with Gasteiger partial charge in [0.15, 0.2) is 0 Å². The van der Waals surface area contributed by atoms with Gasteiger partial charge < -0.3 is 9.47 Å². The topological polar surface area (TPSA) is 112 Å². The number of hydrogen-bond donors (Lipinski definition) is 1. The molecule has 3 rings (SSSR count). The highest BCUT2D eigenvalue weighted by Crippen LogP contribution is 2.39. The molecule has 0 fully saturated rings. The lowest BCUT2D eigenvalue weighted by Crippen LogP contribution is -2.33. The van der Waals surface area contributed by atoms with E-state index in [0.717, 1.165) is 17.8 Å². The molecule has 2 aromatic rings. The summed E-state index contributed by atoms with van der Waals surface area (Å²) in [4.78, 5) is 28.7. The number of nitrogens with one attached hydrogen (secondary N) is 1. The third kappa shape index (κ3) is 3.50. The van der Waals surface area contributed by atoms with Crippen LogP contribution in [0.15, 0.2) is 48.2 Å². The molecule has 1 aliphatic rings. The number of sulfonamides is 1. The summed E-state index contributed by atoms with van der Waals surface area (Å²) in [5, 5.41) is 0.782. The van der Waals surface area contributed by atoms with Gasteiger partial charge >= 0.3 is 5.97 Å². The molecule has 1 N–H and O–H groups in total. The minimum atomic E-state index is -3.75. The zero-order chi connectivity index (χ0) is 19.8. The number of Topliss-reactive ketones (excluding diaryl/α,β-unsaturated/α-hetero) is 1. The van der Waals surface area contributed by atoms with Crippen LogP contribution in [0.4, 0.5) is 0 Å². The Labute approximate surface area is 156 Å². The molecule has 27 heavy (non-hydrogen) atoms. The Kier molecular flexibility index (Phi) is 4.64. The van der Waals surface area contributed by atoms with E-state index in [0.29, 0.717) is 5.56 Å². The smallest absolute Gasteiger partial charge is 0.308 e. The minimum Gasteiger partial charge on any atom is -0.456 e. The molecular weight excluding hydrogens is 372 g/mol. The summed E-state index contributed by atoms with van der Waals surface area (Å²) in [6, 6.07) is 9.05. The van der Waals surface area contributed by atoms with Crippen molar-refractivity contribution >= 4 is 32.7 Å². The van der Waals surface area contributed by atoms with Gasteiger partial charge in [0.05, 0.1) is 11.3 Å². The van der Waals surface area contributed by atoms with Crippen LogP contribution in [0.5, 0.6) is 0 Å². The van der Waals surface area contributed by atoms with Crippen molar-refractivity contribution in [2.24, 2.45) is 0 Å². The summed E-state index contributed by atoms with van der Waals surface area (Å²) >= 11 is 0. The standard InChI is InChI=1S/C18H18N2O6S/c1-4-27(23,24)20-17-15(25-11(2)21)16(22)18(3,26-17)13-9-12-7-5-6-8-14(12)19-10-13/h5-10,20H,4H2,1-3H3. The van der Waals surface area contributed by atoms with Gasteiger partial charge in [-0.25, -0.2) is 8.42 Å². The second kappa shape index (κ2) is 6.66. The summed E-state index contributed by atoms with van der Waals surface area (Å²) in [6.45, 7) is 4.01. The van der Waals surface area contributed by atoms with E-state index in [1.54, 1.807) is 6.07 Å². The van der Waals surface area contributed by atoms with Gasteiger partial charge in [-0.2, -0.15) is 0 Å². The summed E-state index contributed by atoms with van der Waals surface area (Å²) < 4.78 is 36.6. The van der Waals surface area contributed by atoms with E-state index in [1.807, 2.05) is 24.3 Å². The molecule has 1 aliphatic heterocycles. The van der Waals surface area contributed by atoms with Crippen LogP contribution in [0.3, 0.4) is 0 Å². The summed E-state index contributed by atoms with van der Waals surface area (Å²) in [7, 11) is -3.75. The minimum absolute atomic E-state index is 0.240. The number of pyridine rings is 1. The van der Waals surface area contributed by atoms with Crippen LogP contribution < -0.4 is 4.72 Å². The number of carbonyl (C=O) groups excluding carboxylic acids is 2. The fourth-order valence-electron chi connectivity index (χ4n) is 2.66. The van der Waals surface area contributed by atoms with Crippen molar-refractivity contribution < 1.29 is 27.5 Å². The fraction of sp³-hybridized carbons (Fsp3) is 0.278. The van der Waals surface area contributed by atoms with Gasteiger partial charge in [0.2, 0.25) is 27.3 Å². The largest absolute Gasteiger partial charge is 0.456 e. The number of ketones is 1. The molecule has 9 heteroatoms. The van der Waals surface area contributed by atoms with Gasteiger partial charge in [-0.1, -0.05) is 18.2 Å². The first-order valence-corrected chi connectivity index (χ1v) is 9.84. The molecule has 0 saturated carbocycles. The van der Waals surface area contributed by atoms with Crippen LogP contribution in [0.25, 0.3) is 10.9 Å². The molecule has 0 saturated heterocycles. The van der Waals surface area contributed by atoms with Crippen LogP contribution in [0.1, 0.15) is 26.3 Å². The summed E-state index contributed by atoms with van der Waals surface area (Å²) in [6.07, 6.45) is 1.48. The lowest BCUT2D eigenvalue weighted by atomic mass is 9.92. The number of ether oxygens (including phenoxy) is 2. The first-order chi connectivity index (χ1) is 12.7.